The highest BCUT2D eigenvalue weighted by Gasteiger charge is 2.31. The van der Waals surface area contributed by atoms with Crippen LogP contribution in [0.5, 0.6) is 5.75 Å². The number of ether oxygens (including phenoxy) is 1. The minimum absolute atomic E-state index is 0.0197. The van der Waals surface area contributed by atoms with Gasteiger partial charge in [0.15, 0.2) is 0 Å². The monoisotopic (exact) mass is 367 g/mol. The Bertz CT molecular complexity index is 758. The molecule has 0 aliphatic carbocycles. The van der Waals surface area contributed by atoms with Gasteiger partial charge < -0.3 is 14.9 Å². The number of likely N-dealkylation sites (tertiary alicyclic amines) is 1. The van der Waals surface area contributed by atoms with Crippen LogP contribution >= 0.6 is 0 Å². The van der Waals surface area contributed by atoms with Crippen molar-refractivity contribution in [3.63, 3.8) is 0 Å². The lowest BCUT2D eigenvalue weighted by molar-refractivity contribution is -0.138. The molecule has 2 aromatic carbocycles. The SMILES string of the molecule is O=C(O)C[C@@H]1CN(C/C=C/c2ccc(OCc3ccccc3)cc2)C[C@H]1O. The van der Waals surface area contributed by atoms with Crippen molar-refractivity contribution in [2.24, 2.45) is 5.92 Å². The average Bonchev–Trinajstić information content (AvgIpc) is 3.00. The van der Waals surface area contributed by atoms with Gasteiger partial charge in [0.1, 0.15) is 12.4 Å². The molecule has 0 bridgehead atoms. The van der Waals surface area contributed by atoms with Crippen LogP contribution in [0, 0.1) is 5.92 Å². The van der Waals surface area contributed by atoms with Gasteiger partial charge in [0.05, 0.1) is 12.5 Å². The van der Waals surface area contributed by atoms with Gasteiger partial charge in [-0.2, -0.15) is 0 Å². The molecule has 1 fully saturated rings. The summed E-state index contributed by atoms with van der Waals surface area (Å²) in [6.45, 7) is 2.38. The van der Waals surface area contributed by atoms with Crippen LogP contribution in [0.4, 0.5) is 0 Å². The number of hydrogen-bond donors (Lipinski definition) is 2. The van der Waals surface area contributed by atoms with E-state index < -0.39 is 12.1 Å². The lowest BCUT2D eigenvalue weighted by Gasteiger charge is -2.12. The van der Waals surface area contributed by atoms with E-state index in [2.05, 4.69) is 4.90 Å². The molecule has 1 saturated heterocycles. The second-order valence-corrected chi connectivity index (χ2v) is 6.89. The van der Waals surface area contributed by atoms with Crippen LogP contribution in [0.2, 0.25) is 0 Å². The third-order valence-corrected chi connectivity index (χ3v) is 4.72. The van der Waals surface area contributed by atoms with Gasteiger partial charge in [-0.15, -0.1) is 0 Å². The molecule has 0 unspecified atom stereocenters. The fourth-order valence-electron chi connectivity index (χ4n) is 3.27. The molecule has 0 amide bonds. The second-order valence-electron chi connectivity index (χ2n) is 6.89. The van der Waals surface area contributed by atoms with Gasteiger partial charge >= 0.3 is 5.97 Å². The molecule has 0 radical (unpaired) electrons. The van der Waals surface area contributed by atoms with Crippen molar-refractivity contribution in [2.45, 2.75) is 19.1 Å². The topological polar surface area (TPSA) is 70.0 Å². The summed E-state index contributed by atoms with van der Waals surface area (Å²) in [5.74, 6) is -0.210. The number of aliphatic carboxylic acids is 1. The van der Waals surface area contributed by atoms with E-state index in [1.54, 1.807) is 0 Å². The Labute approximate surface area is 159 Å². The van der Waals surface area contributed by atoms with Crippen LogP contribution in [0.3, 0.4) is 0 Å². The number of benzene rings is 2. The van der Waals surface area contributed by atoms with E-state index >= 15 is 0 Å². The molecule has 0 spiro atoms. The minimum atomic E-state index is -0.856. The third kappa shape index (κ3) is 5.94. The molecule has 5 heteroatoms. The standard InChI is InChI=1S/C22H25NO4/c24-21-15-23(14-19(21)13-22(25)26)12-4-7-17-8-10-20(11-9-17)27-16-18-5-2-1-3-6-18/h1-11,19,21,24H,12-16H2,(H,25,26)/b7-4+/t19-,21-/m1/s1. The van der Waals surface area contributed by atoms with Crippen molar-refractivity contribution >= 4 is 12.0 Å². The summed E-state index contributed by atoms with van der Waals surface area (Å²) >= 11 is 0. The zero-order valence-electron chi connectivity index (χ0n) is 15.2. The van der Waals surface area contributed by atoms with Gasteiger partial charge in [-0.25, -0.2) is 0 Å². The molecule has 142 valence electrons. The van der Waals surface area contributed by atoms with Crippen LogP contribution in [0.1, 0.15) is 17.5 Å². The first kappa shape index (κ1) is 19.1. The Morgan fingerprint density at radius 1 is 1.11 bits per heavy atom. The van der Waals surface area contributed by atoms with Crippen molar-refractivity contribution < 1.29 is 19.7 Å². The maximum absolute atomic E-state index is 10.8. The van der Waals surface area contributed by atoms with Crippen LogP contribution in [-0.4, -0.2) is 46.8 Å². The molecule has 5 nitrogen and oxygen atoms in total. The molecule has 1 aliphatic heterocycles. The first-order chi connectivity index (χ1) is 13.1. The summed E-state index contributed by atoms with van der Waals surface area (Å²) in [7, 11) is 0. The van der Waals surface area contributed by atoms with E-state index in [9.17, 15) is 9.90 Å². The average molecular weight is 367 g/mol. The molecular weight excluding hydrogens is 342 g/mol. The van der Waals surface area contributed by atoms with E-state index in [1.807, 2.05) is 66.7 Å². The first-order valence-corrected chi connectivity index (χ1v) is 9.15. The van der Waals surface area contributed by atoms with E-state index in [0.717, 1.165) is 16.9 Å². The van der Waals surface area contributed by atoms with E-state index in [1.165, 1.54) is 0 Å². The molecule has 3 rings (SSSR count). The summed E-state index contributed by atoms with van der Waals surface area (Å²) in [5.41, 5.74) is 2.21. The number of hydrogen-bond acceptors (Lipinski definition) is 4. The number of nitrogens with zero attached hydrogens (tertiary/aromatic N) is 1. The highest BCUT2D eigenvalue weighted by molar-refractivity contribution is 5.67. The number of aliphatic hydroxyl groups excluding tert-OH is 1. The zero-order valence-corrected chi connectivity index (χ0v) is 15.2. The third-order valence-electron chi connectivity index (χ3n) is 4.72. The number of β-amino-alcohol motifs (C(OH)–C–C–N with tert-alkyl or cyclic N) is 1. The quantitative estimate of drug-likeness (QED) is 0.750. The summed E-state index contributed by atoms with van der Waals surface area (Å²) in [5, 5.41) is 18.8. The Morgan fingerprint density at radius 3 is 2.56 bits per heavy atom. The zero-order chi connectivity index (χ0) is 19.1. The predicted molar refractivity (Wildman–Crippen MR) is 104 cm³/mol. The summed E-state index contributed by atoms with van der Waals surface area (Å²) in [6, 6.07) is 18.0. The normalized spacial score (nSPS) is 20.2. The van der Waals surface area contributed by atoms with Gasteiger partial charge in [0, 0.05) is 25.6 Å². The molecule has 2 aromatic rings. The summed E-state index contributed by atoms with van der Waals surface area (Å²) < 4.78 is 5.78. The molecule has 1 heterocycles. The summed E-state index contributed by atoms with van der Waals surface area (Å²) in [6.07, 6.45) is 3.52. The smallest absolute Gasteiger partial charge is 0.303 e. The van der Waals surface area contributed by atoms with Crippen molar-refractivity contribution in [2.75, 3.05) is 19.6 Å². The Balaban J connectivity index is 1.45. The second kappa shape index (κ2) is 9.35. The van der Waals surface area contributed by atoms with E-state index in [0.29, 0.717) is 26.2 Å². The molecule has 27 heavy (non-hydrogen) atoms. The van der Waals surface area contributed by atoms with Crippen LogP contribution in [0.15, 0.2) is 60.7 Å². The first-order valence-electron chi connectivity index (χ1n) is 9.15. The van der Waals surface area contributed by atoms with E-state index in [4.69, 9.17) is 9.84 Å². The highest BCUT2D eigenvalue weighted by atomic mass is 16.5. The van der Waals surface area contributed by atoms with Gasteiger partial charge in [0.2, 0.25) is 0 Å². The maximum Gasteiger partial charge on any atom is 0.303 e. The van der Waals surface area contributed by atoms with Gasteiger partial charge in [-0.1, -0.05) is 54.6 Å². The Morgan fingerprint density at radius 2 is 1.85 bits per heavy atom. The fraction of sp³-hybridized carbons (Fsp3) is 0.318. The number of carboxylic acids is 1. The predicted octanol–water partition coefficient (Wildman–Crippen LogP) is 3.05. The maximum atomic E-state index is 10.8. The lowest BCUT2D eigenvalue weighted by Crippen LogP contribution is -2.21. The molecule has 1 aliphatic rings. The molecule has 2 atom stereocenters. The van der Waals surface area contributed by atoms with Crippen LogP contribution in [-0.2, 0) is 11.4 Å². The Hall–Kier alpha value is -2.63. The molecule has 0 saturated carbocycles. The summed E-state index contributed by atoms with van der Waals surface area (Å²) in [4.78, 5) is 12.9. The Kier molecular flexibility index (Phi) is 6.63. The van der Waals surface area contributed by atoms with Gasteiger partial charge in [-0.3, -0.25) is 9.69 Å². The highest BCUT2D eigenvalue weighted by Crippen LogP contribution is 2.20. The van der Waals surface area contributed by atoms with Crippen LogP contribution in [0.25, 0.3) is 6.08 Å². The van der Waals surface area contributed by atoms with Crippen LogP contribution < -0.4 is 4.74 Å². The van der Waals surface area contributed by atoms with E-state index in [-0.39, 0.29) is 12.3 Å². The van der Waals surface area contributed by atoms with Gasteiger partial charge in [0.25, 0.3) is 0 Å². The number of aliphatic hydroxyl groups is 1. The largest absolute Gasteiger partial charge is 0.489 e. The fourth-order valence-corrected chi connectivity index (χ4v) is 3.27. The number of carboxylic acid groups (broad SMARTS) is 1. The van der Waals surface area contributed by atoms with Crippen molar-refractivity contribution in [1.29, 1.82) is 0 Å². The van der Waals surface area contributed by atoms with Gasteiger partial charge in [-0.05, 0) is 23.3 Å². The minimum Gasteiger partial charge on any atom is -0.489 e. The number of carbonyl (C=O) groups is 1. The molecule has 2 N–H and O–H groups in total. The van der Waals surface area contributed by atoms with Crippen molar-refractivity contribution in [3.8, 4) is 5.75 Å². The van der Waals surface area contributed by atoms with Crippen molar-refractivity contribution in [1.82, 2.24) is 4.90 Å². The molecule has 0 aromatic heterocycles. The van der Waals surface area contributed by atoms with Crippen molar-refractivity contribution in [3.05, 3.63) is 71.8 Å². The number of rotatable bonds is 8. The molecular formula is C22H25NO4. The lowest BCUT2D eigenvalue weighted by atomic mass is 10.0.